The molecular formula is C25H17Br2NO3. The van der Waals surface area contributed by atoms with Gasteiger partial charge in [0.15, 0.2) is 12.4 Å². The topological polar surface area (TPSA) is 56.3 Å². The first-order valence-electron chi connectivity index (χ1n) is 9.54. The van der Waals surface area contributed by atoms with Gasteiger partial charge in [0.1, 0.15) is 0 Å². The second kappa shape index (κ2) is 9.12. The number of benzene rings is 3. The van der Waals surface area contributed by atoms with Gasteiger partial charge in [-0.05, 0) is 43.3 Å². The van der Waals surface area contributed by atoms with Crippen molar-refractivity contribution < 1.29 is 14.3 Å². The number of halogens is 2. The molecule has 3 aromatic carbocycles. The maximum absolute atomic E-state index is 13.0. The number of nitrogens with zero attached hydrogens (tertiary/aromatic N) is 1. The van der Waals surface area contributed by atoms with E-state index in [1.165, 1.54) is 0 Å². The molecule has 1 heterocycles. The van der Waals surface area contributed by atoms with Gasteiger partial charge in [-0.25, -0.2) is 9.78 Å². The van der Waals surface area contributed by atoms with Crippen molar-refractivity contribution in [3.8, 4) is 11.3 Å². The first kappa shape index (κ1) is 21.4. The molecule has 0 aliphatic carbocycles. The van der Waals surface area contributed by atoms with Crippen molar-refractivity contribution in [2.75, 3.05) is 6.61 Å². The first-order chi connectivity index (χ1) is 14.9. The Morgan fingerprint density at radius 2 is 1.55 bits per heavy atom. The highest BCUT2D eigenvalue weighted by Crippen LogP contribution is 2.28. The summed E-state index contributed by atoms with van der Waals surface area (Å²) < 4.78 is 7.17. The number of hydrogen-bond acceptors (Lipinski definition) is 4. The lowest BCUT2D eigenvalue weighted by Gasteiger charge is -2.11. The van der Waals surface area contributed by atoms with Gasteiger partial charge in [-0.2, -0.15) is 0 Å². The third kappa shape index (κ3) is 4.92. The van der Waals surface area contributed by atoms with Crippen LogP contribution >= 0.6 is 31.9 Å². The van der Waals surface area contributed by atoms with Crippen molar-refractivity contribution in [2.24, 2.45) is 0 Å². The number of aromatic nitrogens is 1. The van der Waals surface area contributed by atoms with Crippen LogP contribution in [0.4, 0.5) is 0 Å². The van der Waals surface area contributed by atoms with Crippen molar-refractivity contribution in [2.45, 2.75) is 6.92 Å². The third-order valence-electron chi connectivity index (χ3n) is 4.84. The molecule has 6 heteroatoms. The zero-order valence-corrected chi connectivity index (χ0v) is 19.7. The molecule has 0 N–H and O–H groups in total. The Bertz CT molecular complexity index is 1280. The second-order valence-electron chi connectivity index (χ2n) is 7.09. The van der Waals surface area contributed by atoms with Gasteiger partial charge in [0.2, 0.25) is 0 Å². The van der Waals surface area contributed by atoms with E-state index in [0.29, 0.717) is 27.7 Å². The first-order valence-corrected chi connectivity index (χ1v) is 11.1. The molecule has 4 rings (SSSR count). The van der Waals surface area contributed by atoms with E-state index in [-0.39, 0.29) is 12.4 Å². The number of pyridine rings is 1. The lowest BCUT2D eigenvalue weighted by Crippen LogP contribution is -2.15. The van der Waals surface area contributed by atoms with E-state index in [0.717, 1.165) is 20.1 Å². The molecule has 0 aliphatic heterocycles. The van der Waals surface area contributed by atoms with E-state index < -0.39 is 5.97 Å². The van der Waals surface area contributed by atoms with Crippen LogP contribution in [0.2, 0.25) is 0 Å². The summed E-state index contributed by atoms with van der Waals surface area (Å²) in [4.78, 5) is 30.1. The molecule has 0 saturated heterocycles. The molecular weight excluding hydrogens is 522 g/mol. The van der Waals surface area contributed by atoms with E-state index in [9.17, 15) is 9.59 Å². The zero-order valence-electron chi connectivity index (χ0n) is 16.6. The minimum atomic E-state index is -0.565. The van der Waals surface area contributed by atoms with Crippen LogP contribution in [0.1, 0.15) is 26.3 Å². The summed E-state index contributed by atoms with van der Waals surface area (Å²) in [5.41, 5.74) is 4.12. The van der Waals surface area contributed by atoms with E-state index >= 15 is 0 Å². The van der Waals surface area contributed by atoms with Crippen LogP contribution in [-0.4, -0.2) is 23.3 Å². The van der Waals surface area contributed by atoms with Crippen molar-refractivity contribution in [1.82, 2.24) is 4.98 Å². The highest BCUT2D eigenvalue weighted by atomic mass is 79.9. The number of ketones is 1. The number of Topliss-reactive ketones (excluding diaryl/α,β-unsaturated/α-hetero) is 1. The Kier molecular flexibility index (Phi) is 6.30. The predicted molar refractivity (Wildman–Crippen MR) is 128 cm³/mol. The van der Waals surface area contributed by atoms with Gasteiger partial charge in [-0.1, -0.05) is 73.8 Å². The predicted octanol–water partition coefficient (Wildman–Crippen LogP) is 6.77. The molecule has 154 valence electrons. The highest BCUT2D eigenvalue weighted by Gasteiger charge is 2.17. The van der Waals surface area contributed by atoms with Gasteiger partial charge in [-0.15, -0.1) is 0 Å². The van der Waals surface area contributed by atoms with Crippen molar-refractivity contribution in [1.29, 1.82) is 0 Å². The molecule has 0 spiro atoms. The van der Waals surface area contributed by atoms with Crippen LogP contribution < -0.4 is 0 Å². The Balaban J connectivity index is 1.66. The lowest BCUT2D eigenvalue weighted by atomic mass is 10.0. The summed E-state index contributed by atoms with van der Waals surface area (Å²) in [7, 11) is 0. The molecule has 0 atom stereocenters. The maximum atomic E-state index is 13.0. The molecule has 31 heavy (non-hydrogen) atoms. The quantitative estimate of drug-likeness (QED) is 0.208. The molecule has 0 amide bonds. The van der Waals surface area contributed by atoms with Crippen molar-refractivity contribution in [3.05, 3.63) is 98.4 Å². The van der Waals surface area contributed by atoms with Crippen molar-refractivity contribution in [3.63, 3.8) is 0 Å². The van der Waals surface area contributed by atoms with Crippen LogP contribution in [0.5, 0.6) is 0 Å². The monoisotopic (exact) mass is 537 g/mol. The lowest BCUT2D eigenvalue weighted by molar-refractivity contribution is 0.0476. The van der Waals surface area contributed by atoms with Crippen LogP contribution in [0.25, 0.3) is 22.2 Å². The molecule has 0 unspecified atom stereocenters. The van der Waals surface area contributed by atoms with E-state index in [2.05, 4.69) is 31.9 Å². The van der Waals surface area contributed by atoms with Gasteiger partial charge >= 0.3 is 5.97 Å². The number of ether oxygens (including phenoxy) is 1. The summed E-state index contributed by atoms with van der Waals surface area (Å²) in [6.07, 6.45) is 0. The SMILES string of the molecule is Cc1ccc(C(=O)COC(=O)c2cc(-c3ccc(Br)cc3)nc3ccc(Br)cc23)cc1. The van der Waals surface area contributed by atoms with Gasteiger partial charge in [0, 0.05) is 25.5 Å². The summed E-state index contributed by atoms with van der Waals surface area (Å²) in [6.45, 7) is 1.62. The minimum Gasteiger partial charge on any atom is -0.454 e. The van der Waals surface area contributed by atoms with Crippen molar-refractivity contribution >= 4 is 54.5 Å². The number of aryl methyl sites for hydroxylation is 1. The third-order valence-corrected chi connectivity index (χ3v) is 5.86. The molecule has 1 aromatic heterocycles. The van der Waals surface area contributed by atoms with Gasteiger partial charge < -0.3 is 4.74 Å². The smallest absolute Gasteiger partial charge is 0.339 e. The fraction of sp³-hybridized carbons (Fsp3) is 0.0800. The number of esters is 1. The summed E-state index contributed by atoms with van der Waals surface area (Å²) in [5, 5.41) is 0.656. The minimum absolute atomic E-state index is 0.249. The average molecular weight is 539 g/mol. The van der Waals surface area contributed by atoms with Crippen LogP contribution in [0.3, 0.4) is 0 Å². The Labute approximate surface area is 196 Å². The van der Waals surface area contributed by atoms with E-state index in [1.807, 2.05) is 61.5 Å². The Hall–Kier alpha value is -2.83. The molecule has 0 saturated carbocycles. The molecule has 0 aliphatic rings. The number of hydrogen-bond donors (Lipinski definition) is 0. The molecule has 0 radical (unpaired) electrons. The average Bonchev–Trinajstić information content (AvgIpc) is 2.77. The normalized spacial score (nSPS) is 10.8. The molecule has 4 nitrogen and oxygen atoms in total. The Morgan fingerprint density at radius 1 is 0.871 bits per heavy atom. The number of carbonyl (C=O) groups is 2. The fourth-order valence-electron chi connectivity index (χ4n) is 3.17. The second-order valence-corrected chi connectivity index (χ2v) is 8.92. The molecule has 0 bridgehead atoms. The van der Waals surface area contributed by atoms with Crippen LogP contribution in [0, 0.1) is 6.92 Å². The van der Waals surface area contributed by atoms with E-state index in [1.54, 1.807) is 18.2 Å². The van der Waals surface area contributed by atoms with E-state index in [4.69, 9.17) is 9.72 Å². The number of rotatable bonds is 5. The zero-order chi connectivity index (χ0) is 22.0. The summed E-state index contributed by atoms with van der Waals surface area (Å²) in [6, 6.07) is 22.1. The largest absolute Gasteiger partial charge is 0.454 e. The fourth-order valence-corrected chi connectivity index (χ4v) is 3.79. The van der Waals surface area contributed by atoms with Gasteiger partial charge in [0.05, 0.1) is 16.8 Å². The van der Waals surface area contributed by atoms with Gasteiger partial charge in [-0.3, -0.25) is 4.79 Å². The highest BCUT2D eigenvalue weighted by molar-refractivity contribution is 9.10. The van der Waals surface area contributed by atoms with Crippen LogP contribution in [0.15, 0.2) is 81.7 Å². The van der Waals surface area contributed by atoms with Gasteiger partial charge in [0.25, 0.3) is 0 Å². The molecule has 0 fully saturated rings. The summed E-state index contributed by atoms with van der Waals surface area (Å²) >= 11 is 6.88. The standard InChI is InChI=1S/C25H17Br2NO3/c1-15-2-4-17(5-3-15)24(29)14-31-25(30)21-13-23(16-6-8-18(26)9-7-16)28-22-11-10-19(27)12-20(21)22/h2-13H,14H2,1H3. The number of fused-ring (bicyclic) bond motifs is 1. The number of carbonyl (C=O) groups excluding carboxylic acids is 2. The Morgan fingerprint density at radius 3 is 2.26 bits per heavy atom. The maximum Gasteiger partial charge on any atom is 0.339 e. The summed E-state index contributed by atoms with van der Waals surface area (Å²) in [5.74, 6) is -0.814. The molecule has 4 aromatic rings. The van der Waals surface area contributed by atoms with Crippen LogP contribution in [-0.2, 0) is 4.74 Å².